The molecule has 25 heavy (non-hydrogen) atoms. The molecule has 0 radical (unpaired) electrons. The lowest BCUT2D eigenvalue weighted by Crippen LogP contribution is -2.44. The van der Waals surface area contributed by atoms with Crippen molar-refractivity contribution in [1.82, 2.24) is 4.90 Å². The number of nitrogens with zero attached hydrogens (tertiary/aromatic N) is 1. The van der Waals surface area contributed by atoms with Gasteiger partial charge in [-0.3, -0.25) is 9.59 Å². The van der Waals surface area contributed by atoms with Gasteiger partial charge in [-0.05, 0) is 37.5 Å². The number of amides is 1. The lowest BCUT2D eigenvalue weighted by Gasteiger charge is -2.31. The fourth-order valence-corrected chi connectivity index (χ4v) is 2.70. The molecule has 0 aromatic heterocycles. The van der Waals surface area contributed by atoms with E-state index in [0.717, 1.165) is 0 Å². The van der Waals surface area contributed by atoms with Gasteiger partial charge in [0.1, 0.15) is 0 Å². The summed E-state index contributed by atoms with van der Waals surface area (Å²) in [7, 11) is 0. The smallest absolute Gasteiger partial charge is 0.338 e. The predicted octanol–water partition coefficient (Wildman–Crippen LogP) is 1.14. The van der Waals surface area contributed by atoms with E-state index < -0.39 is 5.97 Å². The van der Waals surface area contributed by atoms with Gasteiger partial charge in [-0.15, -0.1) is 0 Å². The zero-order valence-electron chi connectivity index (χ0n) is 14.3. The number of piperidine rings is 1. The summed E-state index contributed by atoms with van der Waals surface area (Å²) in [5.41, 5.74) is 0.999. The van der Waals surface area contributed by atoms with Crippen LogP contribution in [-0.4, -0.2) is 54.2 Å². The first kappa shape index (κ1) is 18.9. The Morgan fingerprint density at radius 1 is 1.20 bits per heavy atom. The molecule has 1 saturated heterocycles. The second-order valence-corrected chi connectivity index (χ2v) is 5.86. The van der Waals surface area contributed by atoms with E-state index in [-0.39, 0.29) is 31.0 Å². The van der Waals surface area contributed by atoms with Crippen molar-refractivity contribution < 1.29 is 29.0 Å². The van der Waals surface area contributed by atoms with Crippen LogP contribution in [0.3, 0.4) is 0 Å². The van der Waals surface area contributed by atoms with Gasteiger partial charge in [0.05, 0.1) is 24.7 Å². The Labute approximate surface area is 146 Å². The first-order valence-electron chi connectivity index (χ1n) is 8.36. The van der Waals surface area contributed by atoms with Gasteiger partial charge in [0.25, 0.3) is 5.91 Å². The molecule has 1 aromatic rings. The zero-order chi connectivity index (χ0) is 18.2. The summed E-state index contributed by atoms with van der Waals surface area (Å²) in [5, 5.41) is 8.98. The molecule has 1 aliphatic rings. The summed E-state index contributed by atoms with van der Waals surface area (Å²) in [6, 6.07) is 6.31. The monoisotopic (exact) mass is 349 g/mol. The second-order valence-electron chi connectivity index (χ2n) is 5.86. The molecule has 0 saturated carbocycles. The SMILES string of the molecule is CCOC(=O)[C@@H]1CCCN(C(=O)COC(=O)c2ccc(CO)cc2)C1. The third-order valence-electron chi connectivity index (χ3n) is 4.09. The topological polar surface area (TPSA) is 93.1 Å². The minimum atomic E-state index is -0.600. The second kappa shape index (κ2) is 9.17. The van der Waals surface area contributed by atoms with Crippen LogP contribution in [0.1, 0.15) is 35.7 Å². The van der Waals surface area contributed by atoms with E-state index in [1.54, 1.807) is 19.1 Å². The molecule has 7 heteroatoms. The molecule has 2 rings (SSSR count). The number of likely N-dealkylation sites (tertiary alicyclic amines) is 1. The number of carbonyl (C=O) groups is 3. The Hall–Kier alpha value is -2.41. The number of esters is 2. The normalized spacial score (nSPS) is 17.0. The Bertz CT molecular complexity index is 612. The molecule has 1 atom stereocenters. The van der Waals surface area contributed by atoms with Crippen molar-refractivity contribution in [2.24, 2.45) is 5.92 Å². The van der Waals surface area contributed by atoms with Gasteiger partial charge in [0.15, 0.2) is 6.61 Å². The number of hydrogen-bond donors (Lipinski definition) is 1. The van der Waals surface area contributed by atoms with Crippen molar-refractivity contribution in [3.8, 4) is 0 Å². The minimum absolute atomic E-state index is 0.107. The van der Waals surface area contributed by atoms with E-state index >= 15 is 0 Å². The molecule has 136 valence electrons. The highest BCUT2D eigenvalue weighted by Crippen LogP contribution is 2.18. The zero-order valence-corrected chi connectivity index (χ0v) is 14.3. The number of aliphatic hydroxyl groups excluding tert-OH is 1. The molecule has 0 unspecified atom stereocenters. The molecule has 0 bridgehead atoms. The number of benzene rings is 1. The Morgan fingerprint density at radius 3 is 2.56 bits per heavy atom. The van der Waals surface area contributed by atoms with Gasteiger partial charge in [-0.2, -0.15) is 0 Å². The van der Waals surface area contributed by atoms with Gasteiger partial charge < -0.3 is 19.5 Å². The van der Waals surface area contributed by atoms with E-state index in [2.05, 4.69) is 0 Å². The predicted molar refractivity (Wildman–Crippen MR) is 88.6 cm³/mol. The van der Waals surface area contributed by atoms with Crippen LogP contribution in [0.15, 0.2) is 24.3 Å². The maximum atomic E-state index is 12.2. The molecule has 1 aromatic carbocycles. The summed E-state index contributed by atoms with van der Waals surface area (Å²) in [6.07, 6.45) is 1.41. The van der Waals surface area contributed by atoms with Crippen molar-refractivity contribution in [3.63, 3.8) is 0 Å². The number of aliphatic hydroxyl groups is 1. The van der Waals surface area contributed by atoms with Crippen LogP contribution in [0.4, 0.5) is 0 Å². The van der Waals surface area contributed by atoms with Crippen molar-refractivity contribution >= 4 is 17.8 Å². The van der Waals surface area contributed by atoms with Crippen LogP contribution in [0, 0.1) is 5.92 Å². The highest BCUT2D eigenvalue weighted by molar-refractivity contribution is 5.91. The molecule has 0 spiro atoms. The van der Waals surface area contributed by atoms with Crippen LogP contribution in [0.5, 0.6) is 0 Å². The molecule has 1 aliphatic heterocycles. The number of rotatable bonds is 6. The van der Waals surface area contributed by atoms with Gasteiger partial charge in [-0.1, -0.05) is 12.1 Å². The van der Waals surface area contributed by atoms with Gasteiger partial charge in [0, 0.05) is 13.1 Å². The molecule has 1 amide bonds. The van der Waals surface area contributed by atoms with E-state index in [9.17, 15) is 14.4 Å². The number of hydrogen-bond acceptors (Lipinski definition) is 6. The van der Waals surface area contributed by atoms with E-state index in [0.29, 0.717) is 43.7 Å². The standard InChI is InChI=1S/C18H23NO6/c1-2-24-18(23)15-4-3-9-19(10-15)16(21)12-25-17(22)14-7-5-13(11-20)6-8-14/h5-8,15,20H,2-4,9-12H2,1H3/t15-/m1/s1. The van der Waals surface area contributed by atoms with E-state index in [1.165, 1.54) is 17.0 Å². The Morgan fingerprint density at radius 2 is 1.92 bits per heavy atom. The summed E-state index contributed by atoms with van der Waals surface area (Å²) >= 11 is 0. The third kappa shape index (κ3) is 5.29. The van der Waals surface area contributed by atoms with Crippen molar-refractivity contribution in [2.75, 3.05) is 26.3 Å². The number of ether oxygens (including phenoxy) is 2. The molecular weight excluding hydrogens is 326 g/mol. The molecular formula is C18H23NO6. The maximum Gasteiger partial charge on any atom is 0.338 e. The van der Waals surface area contributed by atoms with E-state index in [1.807, 2.05) is 0 Å². The molecule has 0 aliphatic carbocycles. The average Bonchev–Trinajstić information content (AvgIpc) is 2.66. The van der Waals surface area contributed by atoms with Gasteiger partial charge in [-0.25, -0.2) is 4.79 Å². The first-order chi connectivity index (χ1) is 12.0. The first-order valence-corrected chi connectivity index (χ1v) is 8.36. The van der Waals surface area contributed by atoms with Crippen LogP contribution < -0.4 is 0 Å². The third-order valence-corrected chi connectivity index (χ3v) is 4.09. The molecule has 1 fully saturated rings. The van der Waals surface area contributed by atoms with Crippen LogP contribution in [-0.2, 0) is 25.7 Å². The fraction of sp³-hybridized carbons (Fsp3) is 0.500. The van der Waals surface area contributed by atoms with E-state index in [4.69, 9.17) is 14.6 Å². The summed E-state index contributed by atoms with van der Waals surface area (Å²) in [4.78, 5) is 37.5. The summed E-state index contributed by atoms with van der Waals surface area (Å²) in [5.74, 6) is -1.54. The van der Waals surface area contributed by atoms with Crippen molar-refractivity contribution in [3.05, 3.63) is 35.4 Å². The van der Waals surface area contributed by atoms with Crippen molar-refractivity contribution in [1.29, 1.82) is 0 Å². The average molecular weight is 349 g/mol. The van der Waals surface area contributed by atoms with Crippen LogP contribution >= 0.6 is 0 Å². The highest BCUT2D eigenvalue weighted by atomic mass is 16.5. The highest BCUT2D eigenvalue weighted by Gasteiger charge is 2.29. The molecule has 1 heterocycles. The lowest BCUT2D eigenvalue weighted by molar-refractivity contribution is -0.151. The largest absolute Gasteiger partial charge is 0.466 e. The Kier molecular flexibility index (Phi) is 6.94. The fourth-order valence-electron chi connectivity index (χ4n) is 2.70. The van der Waals surface area contributed by atoms with Crippen LogP contribution in [0.2, 0.25) is 0 Å². The quantitative estimate of drug-likeness (QED) is 0.774. The minimum Gasteiger partial charge on any atom is -0.466 e. The van der Waals surface area contributed by atoms with Gasteiger partial charge in [0.2, 0.25) is 0 Å². The maximum absolute atomic E-state index is 12.2. The summed E-state index contributed by atoms with van der Waals surface area (Å²) in [6.45, 7) is 2.42. The lowest BCUT2D eigenvalue weighted by atomic mass is 9.98. The Balaban J connectivity index is 1.84. The number of carbonyl (C=O) groups excluding carboxylic acids is 3. The summed E-state index contributed by atoms with van der Waals surface area (Å²) < 4.78 is 10.1. The molecule has 1 N–H and O–H groups in total. The molecule has 7 nitrogen and oxygen atoms in total. The van der Waals surface area contributed by atoms with Crippen molar-refractivity contribution in [2.45, 2.75) is 26.4 Å². The van der Waals surface area contributed by atoms with Gasteiger partial charge >= 0.3 is 11.9 Å². The van der Waals surface area contributed by atoms with Crippen LogP contribution in [0.25, 0.3) is 0 Å².